The third-order valence-corrected chi connectivity index (χ3v) is 0. The summed E-state index contributed by atoms with van der Waals surface area (Å²) in [4.78, 5) is 0. The van der Waals surface area contributed by atoms with Crippen molar-refractivity contribution in [3.05, 3.63) is 6.92 Å². The van der Waals surface area contributed by atoms with E-state index in [4.69, 9.17) is 0 Å². The first-order valence-electron chi connectivity index (χ1n) is 1.21. The van der Waals surface area contributed by atoms with Crippen molar-refractivity contribution >= 4 is 12.4 Å². The van der Waals surface area contributed by atoms with E-state index in [0.717, 1.165) is 6.42 Å². The lowest BCUT2D eigenvalue weighted by Gasteiger charge is -1.47. The van der Waals surface area contributed by atoms with Gasteiger partial charge in [-0.1, -0.05) is 20.3 Å². The summed E-state index contributed by atoms with van der Waals surface area (Å²) in [6.45, 7) is 5.50. The van der Waals surface area contributed by atoms with Crippen molar-refractivity contribution in [3.8, 4) is 0 Å². The van der Waals surface area contributed by atoms with Crippen molar-refractivity contribution in [2.45, 2.75) is 13.3 Å². The number of halogens is 1. The zero-order chi connectivity index (χ0) is 2.71. The predicted octanol–water partition coefficient (Wildman–Crippen LogP) is 1.81. The topological polar surface area (TPSA) is 35.0 Å². The van der Waals surface area contributed by atoms with E-state index >= 15 is 0 Å². The molecule has 0 aliphatic heterocycles. The molecule has 0 aromatic rings. The van der Waals surface area contributed by atoms with Crippen LogP contribution in [-0.2, 0) is 0 Å². The molecule has 5 heavy (non-hydrogen) atoms. The lowest BCUT2D eigenvalue weighted by Crippen LogP contribution is -1.29. The van der Waals surface area contributed by atoms with Crippen LogP contribution in [0.15, 0.2) is 0 Å². The fourth-order valence-electron chi connectivity index (χ4n) is 0. The van der Waals surface area contributed by atoms with Gasteiger partial charge in [-0.2, -0.15) is 0 Å². The summed E-state index contributed by atoms with van der Waals surface area (Å²) in [6, 6.07) is 0. The number of hydrogen-bond donors (Lipinski definition) is 1. The van der Waals surface area contributed by atoms with Gasteiger partial charge < -0.3 is 6.15 Å². The highest BCUT2D eigenvalue weighted by molar-refractivity contribution is 5.85. The minimum Gasteiger partial charge on any atom is -0.344 e. The van der Waals surface area contributed by atoms with Gasteiger partial charge in [0.2, 0.25) is 0 Å². The van der Waals surface area contributed by atoms with E-state index in [2.05, 4.69) is 6.92 Å². The maximum Gasteiger partial charge on any atom is -0.0536 e. The van der Waals surface area contributed by atoms with Crippen molar-refractivity contribution in [2.75, 3.05) is 0 Å². The van der Waals surface area contributed by atoms with Crippen LogP contribution in [0.2, 0.25) is 0 Å². The summed E-state index contributed by atoms with van der Waals surface area (Å²) in [5.41, 5.74) is 0. The molecule has 1 radical (unpaired) electrons. The Labute approximate surface area is 39.8 Å². The molecule has 0 heterocycles. The van der Waals surface area contributed by atoms with Gasteiger partial charge in [0.25, 0.3) is 0 Å². The molecule has 2 heteroatoms. The fourth-order valence-corrected chi connectivity index (χ4v) is 0. The van der Waals surface area contributed by atoms with Gasteiger partial charge in [-0.25, -0.2) is 0 Å². The lowest BCUT2D eigenvalue weighted by molar-refractivity contribution is 1.23. The molecule has 0 unspecified atom stereocenters. The molecule has 0 bridgehead atoms. The van der Waals surface area contributed by atoms with Gasteiger partial charge in [0.05, 0.1) is 0 Å². The first-order valence-corrected chi connectivity index (χ1v) is 1.21. The largest absolute Gasteiger partial charge is 0.344 e. The zero-order valence-electron chi connectivity index (χ0n) is 3.53. The Morgan fingerprint density at radius 1 is 1.60 bits per heavy atom. The Bertz CT molecular complexity index is 6.85. The summed E-state index contributed by atoms with van der Waals surface area (Å²) in [7, 11) is 0. The molecule has 0 aliphatic rings. The molecule has 0 saturated carbocycles. The standard InChI is InChI=1S/C3H7.ClH.H3N/c1-3-2;;/h1,3H2,2H3;1H;1H3. The summed E-state index contributed by atoms with van der Waals surface area (Å²) >= 11 is 0. The Morgan fingerprint density at radius 2 is 1.60 bits per heavy atom. The molecule has 35 valence electrons. The van der Waals surface area contributed by atoms with E-state index in [1.165, 1.54) is 0 Å². The zero-order valence-corrected chi connectivity index (χ0v) is 4.35. The van der Waals surface area contributed by atoms with E-state index in [0.29, 0.717) is 0 Å². The van der Waals surface area contributed by atoms with E-state index in [9.17, 15) is 0 Å². The first kappa shape index (κ1) is 18.7. The van der Waals surface area contributed by atoms with Gasteiger partial charge in [0.15, 0.2) is 0 Å². The van der Waals surface area contributed by atoms with Crippen LogP contribution in [0.5, 0.6) is 0 Å². The predicted molar refractivity (Wildman–Crippen MR) is 27.9 cm³/mol. The molecular formula is C3H11ClN. The normalized spacial score (nSPS) is 3.60. The molecule has 0 amide bonds. The summed E-state index contributed by atoms with van der Waals surface area (Å²) < 4.78 is 0. The average molecular weight is 96.6 g/mol. The lowest BCUT2D eigenvalue weighted by atomic mass is 10.6. The summed E-state index contributed by atoms with van der Waals surface area (Å²) in [5, 5.41) is 0. The second kappa shape index (κ2) is 28.7. The van der Waals surface area contributed by atoms with E-state index < -0.39 is 0 Å². The highest BCUT2D eigenvalue weighted by Crippen LogP contribution is 1.54. The number of hydrogen-bond acceptors (Lipinski definition) is 1. The molecule has 0 fully saturated rings. The highest BCUT2D eigenvalue weighted by atomic mass is 35.5. The van der Waals surface area contributed by atoms with Crippen molar-refractivity contribution in [2.24, 2.45) is 0 Å². The number of rotatable bonds is 0. The molecule has 0 rings (SSSR count). The first-order chi connectivity index (χ1) is 1.41. The maximum atomic E-state index is 3.49. The van der Waals surface area contributed by atoms with Crippen LogP contribution in [0, 0.1) is 6.92 Å². The molecule has 3 N–H and O–H groups in total. The Hall–Kier alpha value is 0.250. The Kier molecular flexibility index (Phi) is 108. The molecule has 0 saturated heterocycles. The van der Waals surface area contributed by atoms with Crippen molar-refractivity contribution in [1.29, 1.82) is 0 Å². The smallest absolute Gasteiger partial charge is 0.0536 e. The SMILES string of the molecule is Cl.N.[CH2]CC. The third kappa shape index (κ3) is 344. The molecule has 0 aromatic carbocycles. The van der Waals surface area contributed by atoms with E-state index in [1.807, 2.05) is 6.92 Å². The monoisotopic (exact) mass is 96.1 g/mol. The van der Waals surface area contributed by atoms with Gasteiger partial charge in [-0.3, -0.25) is 0 Å². The van der Waals surface area contributed by atoms with Gasteiger partial charge >= 0.3 is 0 Å². The molecule has 1 nitrogen and oxygen atoms in total. The van der Waals surface area contributed by atoms with Crippen LogP contribution in [0.1, 0.15) is 13.3 Å². The molecule has 0 atom stereocenters. The van der Waals surface area contributed by atoms with Crippen LogP contribution in [0.4, 0.5) is 0 Å². The maximum absolute atomic E-state index is 3.49. The van der Waals surface area contributed by atoms with Gasteiger partial charge in [0.1, 0.15) is 0 Å². The third-order valence-electron chi connectivity index (χ3n) is 0. The van der Waals surface area contributed by atoms with Gasteiger partial charge in [-0.05, 0) is 0 Å². The van der Waals surface area contributed by atoms with Gasteiger partial charge in [-0.15, -0.1) is 12.4 Å². The van der Waals surface area contributed by atoms with Gasteiger partial charge in [0, 0.05) is 0 Å². The van der Waals surface area contributed by atoms with E-state index in [1.54, 1.807) is 0 Å². The molecule has 0 spiro atoms. The summed E-state index contributed by atoms with van der Waals surface area (Å²) in [6.07, 6.45) is 1.00. The van der Waals surface area contributed by atoms with Crippen molar-refractivity contribution in [1.82, 2.24) is 6.15 Å². The quantitative estimate of drug-likeness (QED) is 0.491. The van der Waals surface area contributed by atoms with Crippen LogP contribution < -0.4 is 6.15 Å². The van der Waals surface area contributed by atoms with Crippen LogP contribution in [0.25, 0.3) is 0 Å². The minimum atomic E-state index is 0. The average Bonchev–Trinajstić information content (AvgIpc) is 0.918. The Morgan fingerprint density at radius 3 is 1.60 bits per heavy atom. The minimum absolute atomic E-state index is 0. The highest BCUT2D eigenvalue weighted by Gasteiger charge is 1.36. The van der Waals surface area contributed by atoms with Crippen LogP contribution in [-0.4, -0.2) is 0 Å². The molecule has 0 aliphatic carbocycles. The van der Waals surface area contributed by atoms with Crippen molar-refractivity contribution < 1.29 is 0 Å². The second-order valence-corrected chi connectivity index (χ2v) is 0.500. The Balaban J connectivity index is -0.0000000200. The summed E-state index contributed by atoms with van der Waals surface area (Å²) in [5.74, 6) is 0. The van der Waals surface area contributed by atoms with Crippen LogP contribution in [0.3, 0.4) is 0 Å². The van der Waals surface area contributed by atoms with Crippen molar-refractivity contribution in [3.63, 3.8) is 0 Å². The second-order valence-electron chi connectivity index (χ2n) is 0.500. The van der Waals surface area contributed by atoms with Crippen LogP contribution >= 0.6 is 12.4 Å². The fraction of sp³-hybridized carbons (Fsp3) is 0.667. The molecule has 0 aromatic heterocycles. The van der Waals surface area contributed by atoms with E-state index in [-0.39, 0.29) is 18.6 Å². The molecular weight excluding hydrogens is 85.5 g/mol.